The number of para-hydroxylation sites is 1. The van der Waals surface area contributed by atoms with Crippen LogP contribution in [-0.2, 0) is 20.0 Å². The molecule has 164 valence electrons. The first-order valence-electron chi connectivity index (χ1n) is 11.5. The van der Waals surface area contributed by atoms with E-state index in [-0.39, 0.29) is 11.9 Å². The van der Waals surface area contributed by atoms with Gasteiger partial charge < -0.3 is 19.8 Å². The molecule has 1 aliphatic heterocycles. The quantitative estimate of drug-likeness (QED) is 0.529. The van der Waals surface area contributed by atoms with Gasteiger partial charge in [-0.1, -0.05) is 18.2 Å². The average molecular weight is 429 g/mol. The molecule has 7 nitrogen and oxygen atoms in total. The van der Waals surface area contributed by atoms with Gasteiger partial charge in [0.1, 0.15) is 5.52 Å². The second kappa shape index (κ2) is 7.17. The van der Waals surface area contributed by atoms with E-state index >= 15 is 0 Å². The van der Waals surface area contributed by atoms with Gasteiger partial charge in [-0.3, -0.25) is 4.79 Å². The summed E-state index contributed by atoms with van der Waals surface area (Å²) >= 11 is 0. The molecule has 0 radical (unpaired) electrons. The molecular weight excluding hydrogens is 400 g/mol. The molecule has 0 unspecified atom stereocenters. The number of nitrogens with two attached hydrogens (primary N) is 1. The third-order valence-corrected chi connectivity index (χ3v) is 6.75. The average Bonchev–Trinajstić information content (AvgIpc) is 3.45. The molecule has 1 aliphatic carbocycles. The molecule has 0 spiro atoms. The Labute approximate surface area is 186 Å². The minimum absolute atomic E-state index is 0.00741. The maximum Gasteiger partial charge on any atom is 0.255 e. The summed E-state index contributed by atoms with van der Waals surface area (Å²) in [6.45, 7) is 4.16. The molecule has 1 atom stereocenters. The molecule has 1 aromatic carbocycles. The van der Waals surface area contributed by atoms with E-state index in [9.17, 15) is 4.79 Å². The molecule has 1 fully saturated rings. The standard InChI is InChI=1S/C25H28N6O/c1-15(26)13-30-10-9-19-18(25(30)32)12-20-23(27-19)29(2)24(28-20)22-11-17-5-3-4-6-21(17)31(22)14-16-7-8-16/h3-6,11-12,15-16H,7-10,13-14,26H2,1-2H3/t15-/m1/s1. The van der Waals surface area contributed by atoms with Crippen molar-refractivity contribution in [1.82, 2.24) is 24.0 Å². The molecule has 32 heavy (non-hydrogen) atoms. The van der Waals surface area contributed by atoms with Crippen molar-refractivity contribution in [1.29, 1.82) is 0 Å². The maximum absolute atomic E-state index is 13.0. The highest BCUT2D eigenvalue weighted by atomic mass is 16.2. The zero-order valence-electron chi connectivity index (χ0n) is 18.6. The van der Waals surface area contributed by atoms with E-state index < -0.39 is 0 Å². The van der Waals surface area contributed by atoms with E-state index in [1.807, 2.05) is 24.9 Å². The second-order valence-electron chi connectivity index (χ2n) is 9.44. The molecule has 7 heteroatoms. The van der Waals surface area contributed by atoms with Crippen molar-refractivity contribution < 1.29 is 4.79 Å². The molecule has 1 saturated carbocycles. The van der Waals surface area contributed by atoms with Crippen molar-refractivity contribution in [3.8, 4) is 11.5 Å². The molecule has 0 saturated heterocycles. The summed E-state index contributed by atoms with van der Waals surface area (Å²) < 4.78 is 4.48. The molecule has 4 heterocycles. The predicted octanol–water partition coefficient (Wildman–Crippen LogP) is 3.35. The van der Waals surface area contributed by atoms with Crippen LogP contribution in [0.3, 0.4) is 0 Å². The van der Waals surface area contributed by atoms with Crippen molar-refractivity contribution >= 4 is 28.0 Å². The number of rotatable bonds is 5. The Hall–Kier alpha value is -3.19. The van der Waals surface area contributed by atoms with Gasteiger partial charge in [0, 0.05) is 50.0 Å². The van der Waals surface area contributed by atoms with E-state index in [0.717, 1.165) is 47.3 Å². The third kappa shape index (κ3) is 3.11. The molecular formula is C25H28N6O. The minimum atomic E-state index is -0.0490. The van der Waals surface area contributed by atoms with Gasteiger partial charge in [0.2, 0.25) is 0 Å². The maximum atomic E-state index is 13.0. The number of carbonyl (C=O) groups is 1. The summed E-state index contributed by atoms with van der Waals surface area (Å²) in [4.78, 5) is 24.8. The van der Waals surface area contributed by atoms with Gasteiger partial charge in [-0.25, -0.2) is 9.97 Å². The van der Waals surface area contributed by atoms with Gasteiger partial charge in [0.25, 0.3) is 5.91 Å². The summed E-state index contributed by atoms with van der Waals surface area (Å²) in [6, 6.07) is 12.6. The highest BCUT2D eigenvalue weighted by Gasteiger charge is 2.29. The Morgan fingerprint density at radius 2 is 2.00 bits per heavy atom. The number of aryl methyl sites for hydroxylation is 1. The van der Waals surface area contributed by atoms with Crippen LogP contribution in [0.15, 0.2) is 36.4 Å². The Bertz CT molecular complexity index is 1360. The topological polar surface area (TPSA) is 82.0 Å². The lowest BCUT2D eigenvalue weighted by Crippen LogP contribution is -2.44. The number of pyridine rings is 1. The number of hydrogen-bond acceptors (Lipinski definition) is 4. The molecule has 2 aliphatic rings. The number of imidazole rings is 1. The monoisotopic (exact) mass is 428 g/mol. The third-order valence-electron chi connectivity index (χ3n) is 6.75. The second-order valence-corrected chi connectivity index (χ2v) is 9.44. The van der Waals surface area contributed by atoms with Crippen LogP contribution in [0.5, 0.6) is 0 Å². The van der Waals surface area contributed by atoms with Crippen LogP contribution < -0.4 is 5.73 Å². The van der Waals surface area contributed by atoms with Crippen molar-refractivity contribution in [3.63, 3.8) is 0 Å². The van der Waals surface area contributed by atoms with Crippen LogP contribution >= 0.6 is 0 Å². The SMILES string of the molecule is C[C@@H](N)CN1CCc2nc3c(cc2C1=O)nc(-c1cc2ccccc2n1CC1CC1)n3C. The van der Waals surface area contributed by atoms with Crippen molar-refractivity contribution in [2.75, 3.05) is 13.1 Å². The summed E-state index contributed by atoms with van der Waals surface area (Å²) in [5, 5.41) is 1.23. The van der Waals surface area contributed by atoms with Crippen molar-refractivity contribution in [2.45, 2.75) is 38.8 Å². The lowest BCUT2D eigenvalue weighted by molar-refractivity contribution is 0.0730. The molecule has 2 N–H and O–H groups in total. The Kier molecular flexibility index (Phi) is 4.37. The van der Waals surface area contributed by atoms with Crippen LogP contribution in [-0.4, -0.2) is 49.0 Å². The fraction of sp³-hybridized carbons (Fsp3) is 0.400. The van der Waals surface area contributed by atoms with E-state index in [4.69, 9.17) is 15.7 Å². The van der Waals surface area contributed by atoms with Gasteiger partial charge in [-0.2, -0.15) is 0 Å². The summed E-state index contributed by atoms with van der Waals surface area (Å²) in [5.41, 5.74) is 11.4. The Morgan fingerprint density at radius 3 is 2.78 bits per heavy atom. The first kappa shape index (κ1) is 19.5. The highest BCUT2D eigenvalue weighted by molar-refractivity contribution is 5.99. The van der Waals surface area contributed by atoms with Crippen LogP contribution in [0.4, 0.5) is 0 Å². The number of aromatic nitrogens is 4. The fourth-order valence-corrected chi connectivity index (χ4v) is 4.94. The highest BCUT2D eigenvalue weighted by Crippen LogP contribution is 2.36. The number of hydrogen-bond donors (Lipinski definition) is 1. The first-order valence-corrected chi connectivity index (χ1v) is 11.5. The first-order chi connectivity index (χ1) is 15.5. The van der Waals surface area contributed by atoms with E-state index in [1.165, 1.54) is 23.7 Å². The van der Waals surface area contributed by atoms with E-state index in [2.05, 4.69) is 39.5 Å². The predicted molar refractivity (Wildman–Crippen MR) is 125 cm³/mol. The largest absolute Gasteiger partial charge is 0.338 e. The summed E-state index contributed by atoms with van der Waals surface area (Å²) in [6.07, 6.45) is 3.33. The number of nitrogens with zero attached hydrogens (tertiary/aromatic N) is 5. The van der Waals surface area contributed by atoms with Crippen molar-refractivity contribution in [2.24, 2.45) is 18.7 Å². The Morgan fingerprint density at radius 1 is 1.19 bits per heavy atom. The number of amides is 1. The van der Waals surface area contributed by atoms with Crippen molar-refractivity contribution in [3.05, 3.63) is 47.7 Å². The van der Waals surface area contributed by atoms with Gasteiger partial charge in [-0.05, 0) is 43.9 Å². The van der Waals surface area contributed by atoms with E-state index in [0.29, 0.717) is 18.7 Å². The minimum Gasteiger partial charge on any atom is -0.338 e. The molecule has 4 aromatic rings. The van der Waals surface area contributed by atoms with Gasteiger partial charge in [-0.15, -0.1) is 0 Å². The number of fused-ring (bicyclic) bond motifs is 3. The van der Waals surface area contributed by atoms with Gasteiger partial charge >= 0.3 is 0 Å². The number of carbonyl (C=O) groups excluding carboxylic acids is 1. The zero-order valence-corrected chi connectivity index (χ0v) is 18.6. The van der Waals surface area contributed by atoms with Gasteiger partial charge in [0.15, 0.2) is 11.5 Å². The molecule has 0 bridgehead atoms. The fourth-order valence-electron chi connectivity index (χ4n) is 4.94. The smallest absolute Gasteiger partial charge is 0.255 e. The lowest BCUT2D eigenvalue weighted by Gasteiger charge is -2.29. The zero-order chi connectivity index (χ0) is 22.0. The molecule has 6 rings (SSSR count). The van der Waals surface area contributed by atoms with Crippen LogP contribution in [0, 0.1) is 5.92 Å². The molecule has 3 aromatic heterocycles. The Balaban J connectivity index is 1.48. The summed E-state index contributed by atoms with van der Waals surface area (Å²) in [7, 11) is 2.02. The normalized spacial score (nSPS) is 17.3. The number of benzene rings is 1. The van der Waals surface area contributed by atoms with E-state index in [1.54, 1.807) is 0 Å². The lowest BCUT2D eigenvalue weighted by atomic mass is 10.0. The van der Waals surface area contributed by atoms with Crippen LogP contribution in [0.25, 0.3) is 33.6 Å². The van der Waals surface area contributed by atoms with Crippen LogP contribution in [0.1, 0.15) is 35.8 Å². The summed E-state index contributed by atoms with van der Waals surface area (Å²) in [5.74, 6) is 1.65. The van der Waals surface area contributed by atoms with Crippen LogP contribution in [0.2, 0.25) is 0 Å². The molecule has 1 amide bonds. The van der Waals surface area contributed by atoms with Gasteiger partial charge in [0.05, 0.1) is 17.0 Å².